The van der Waals surface area contributed by atoms with E-state index in [2.05, 4.69) is 21.3 Å². The molecule has 10 N–H and O–H groups in total. The van der Waals surface area contributed by atoms with Crippen molar-refractivity contribution in [2.45, 2.75) is 44.8 Å². The minimum atomic E-state index is -1.29. The quantitative estimate of drug-likeness (QED) is 0.103. The van der Waals surface area contributed by atoms with Crippen LogP contribution in [-0.4, -0.2) is 66.0 Å². The van der Waals surface area contributed by atoms with Gasteiger partial charge >= 0.3 is 0 Å². The molecule has 0 saturated heterocycles. The van der Waals surface area contributed by atoms with Crippen LogP contribution in [-0.2, 0) is 19.2 Å². The average molecular weight is 373 g/mol. The van der Waals surface area contributed by atoms with Gasteiger partial charge in [0.15, 0.2) is 5.96 Å². The lowest BCUT2D eigenvalue weighted by Crippen LogP contribution is -2.56. The number of guanidine groups is 1. The SMILES string of the molecule is CC(=O)N[C@@H](C)C(=O)N[C@@H](CCCNC(=N)N)C(=O)N[C@@H](CO)C(N)=O. The molecular weight excluding hydrogens is 346 g/mol. The molecular formula is C14H27N7O5. The van der Waals surface area contributed by atoms with Crippen LogP contribution in [0.15, 0.2) is 0 Å². The molecule has 0 saturated carbocycles. The number of aliphatic hydroxyl groups is 1. The number of carbonyl (C=O) groups is 4. The molecule has 148 valence electrons. The van der Waals surface area contributed by atoms with E-state index in [4.69, 9.17) is 22.0 Å². The fourth-order valence-corrected chi connectivity index (χ4v) is 1.94. The first kappa shape index (κ1) is 23.1. The highest BCUT2D eigenvalue weighted by molar-refractivity contribution is 5.93. The topological polar surface area (TPSA) is 213 Å². The van der Waals surface area contributed by atoms with E-state index in [0.717, 1.165) is 0 Å². The number of hydrogen-bond donors (Lipinski definition) is 8. The number of primary amides is 1. The zero-order chi connectivity index (χ0) is 20.3. The lowest BCUT2D eigenvalue weighted by atomic mass is 10.1. The van der Waals surface area contributed by atoms with Gasteiger partial charge in [0.1, 0.15) is 18.1 Å². The number of nitrogens with one attached hydrogen (secondary N) is 5. The molecule has 0 aliphatic heterocycles. The van der Waals surface area contributed by atoms with Gasteiger partial charge in [0.05, 0.1) is 6.61 Å². The second kappa shape index (κ2) is 11.6. The van der Waals surface area contributed by atoms with Gasteiger partial charge in [0, 0.05) is 13.5 Å². The van der Waals surface area contributed by atoms with E-state index in [1.807, 2.05) is 0 Å². The first-order valence-electron chi connectivity index (χ1n) is 7.94. The van der Waals surface area contributed by atoms with Crippen molar-refractivity contribution in [3.8, 4) is 0 Å². The number of nitrogens with two attached hydrogens (primary N) is 2. The second-order valence-electron chi connectivity index (χ2n) is 5.61. The van der Waals surface area contributed by atoms with E-state index in [-0.39, 0.29) is 18.9 Å². The molecule has 0 fully saturated rings. The third kappa shape index (κ3) is 9.42. The van der Waals surface area contributed by atoms with Crippen molar-refractivity contribution in [2.24, 2.45) is 11.5 Å². The van der Waals surface area contributed by atoms with Crippen molar-refractivity contribution in [3.63, 3.8) is 0 Å². The number of carbonyl (C=O) groups excluding carboxylic acids is 4. The molecule has 0 bridgehead atoms. The largest absolute Gasteiger partial charge is 0.394 e. The Balaban J connectivity index is 4.94. The molecule has 12 heteroatoms. The van der Waals surface area contributed by atoms with Gasteiger partial charge in [-0.05, 0) is 19.8 Å². The van der Waals surface area contributed by atoms with Crippen molar-refractivity contribution in [2.75, 3.05) is 13.2 Å². The Morgan fingerprint density at radius 2 is 1.62 bits per heavy atom. The van der Waals surface area contributed by atoms with E-state index in [1.54, 1.807) is 0 Å². The second-order valence-corrected chi connectivity index (χ2v) is 5.61. The van der Waals surface area contributed by atoms with Gasteiger partial charge in [-0.25, -0.2) is 0 Å². The zero-order valence-corrected chi connectivity index (χ0v) is 14.8. The van der Waals surface area contributed by atoms with Crippen LogP contribution in [0.25, 0.3) is 0 Å². The molecule has 12 nitrogen and oxygen atoms in total. The Labute approximate surface area is 150 Å². The van der Waals surface area contributed by atoms with Crippen molar-refractivity contribution in [3.05, 3.63) is 0 Å². The molecule has 26 heavy (non-hydrogen) atoms. The van der Waals surface area contributed by atoms with Gasteiger partial charge in [0.25, 0.3) is 0 Å². The van der Waals surface area contributed by atoms with Gasteiger partial charge < -0.3 is 37.8 Å². The number of aliphatic hydroxyl groups excluding tert-OH is 1. The minimum Gasteiger partial charge on any atom is -0.394 e. The van der Waals surface area contributed by atoms with Crippen LogP contribution in [0.5, 0.6) is 0 Å². The first-order valence-corrected chi connectivity index (χ1v) is 7.94. The normalized spacial score (nSPS) is 13.7. The summed E-state index contributed by atoms with van der Waals surface area (Å²) in [6.45, 7) is 2.30. The maximum absolute atomic E-state index is 12.3. The Kier molecular flexibility index (Phi) is 10.3. The summed E-state index contributed by atoms with van der Waals surface area (Å²) >= 11 is 0. The van der Waals surface area contributed by atoms with Crippen LogP contribution in [0.4, 0.5) is 0 Å². The summed E-state index contributed by atoms with van der Waals surface area (Å²) in [4.78, 5) is 46.6. The fourth-order valence-electron chi connectivity index (χ4n) is 1.94. The van der Waals surface area contributed by atoms with E-state index < -0.39 is 48.4 Å². The summed E-state index contributed by atoms with van der Waals surface area (Å²) in [5.74, 6) is -2.87. The number of hydrogen-bond acceptors (Lipinski definition) is 6. The summed E-state index contributed by atoms with van der Waals surface area (Å²) in [5.41, 5.74) is 10.2. The van der Waals surface area contributed by atoms with Gasteiger partial charge in [0.2, 0.25) is 23.6 Å². The first-order chi connectivity index (χ1) is 12.1. The summed E-state index contributed by atoms with van der Waals surface area (Å²) < 4.78 is 0. The Bertz CT molecular complexity index is 540. The Hall–Kier alpha value is -2.89. The fraction of sp³-hybridized carbons (Fsp3) is 0.643. The highest BCUT2D eigenvalue weighted by atomic mass is 16.3. The van der Waals surface area contributed by atoms with Crippen LogP contribution < -0.4 is 32.7 Å². The highest BCUT2D eigenvalue weighted by Gasteiger charge is 2.26. The molecule has 0 heterocycles. The molecule has 0 aromatic rings. The summed E-state index contributed by atoms with van der Waals surface area (Å²) in [6, 6.07) is -3.20. The lowest BCUT2D eigenvalue weighted by molar-refractivity contribution is -0.133. The summed E-state index contributed by atoms with van der Waals surface area (Å²) in [5, 5.41) is 25.8. The maximum atomic E-state index is 12.3. The zero-order valence-electron chi connectivity index (χ0n) is 14.8. The molecule has 4 amide bonds. The number of rotatable bonds is 11. The van der Waals surface area contributed by atoms with Crippen molar-refractivity contribution >= 4 is 29.6 Å². The van der Waals surface area contributed by atoms with Gasteiger partial charge in [-0.3, -0.25) is 24.6 Å². The molecule has 0 aliphatic rings. The molecule has 0 aliphatic carbocycles. The van der Waals surface area contributed by atoms with Gasteiger partial charge in [-0.2, -0.15) is 0 Å². The van der Waals surface area contributed by atoms with Crippen LogP contribution in [0.2, 0.25) is 0 Å². The Morgan fingerprint density at radius 1 is 1.04 bits per heavy atom. The molecule has 0 unspecified atom stereocenters. The standard InChI is InChI=1S/C14H27N7O5/c1-7(19-8(2)23)12(25)20-9(4-3-5-18-14(16)17)13(26)21-10(6-22)11(15)24/h7,9-10,22H,3-6H2,1-2H3,(H2,15,24)(H,19,23)(H,20,25)(H,21,26)(H4,16,17,18)/t7-,9-,10-/m0/s1. The maximum Gasteiger partial charge on any atom is 0.243 e. The number of amides is 4. The van der Waals surface area contributed by atoms with E-state index in [0.29, 0.717) is 6.42 Å². The van der Waals surface area contributed by atoms with E-state index in [9.17, 15) is 19.2 Å². The van der Waals surface area contributed by atoms with Crippen molar-refractivity contribution in [1.82, 2.24) is 21.3 Å². The monoisotopic (exact) mass is 373 g/mol. The predicted molar refractivity (Wildman–Crippen MR) is 92.6 cm³/mol. The van der Waals surface area contributed by atoms with Gasteiger partial charge in [-0.15, -0.1) is 0 Å². The van der Waals surface area contributed by atoms with E-state index >= 15 is 0 Å². The minimum absolute atomic E-state index is 0.154. The average Bonchev–Trinajstić information content (AvgIpc) is 2.53. The lowest BCUT2D eigenvalue weighted by Gasteiger charge is -2.23. The summed E-state index contributed by atoms with van der Waals surface area (Å²) in [6.07, 6.45) is 0.522. The molecule has 0 aromatic carbocycles. The molecule has 0 rings (SSSR count). The molecule has 0 radical (unpaired) electrons. The highest BCUT2D eigenvalue weighted by Crippen LogP contribution is 2.00. The molecule has 3 atom stereocenters. The smallest absolute Gasteiger partial charge is 0.243 e. The molecule has 0 aromatic heterocycles. The van der Waals surface area contributed by atoms with Crippen LogP contribution >= 0.6 is 0 Å². The van der Waals surface area contributed by atoms with Crippen molar-refractivity contribution in [1.29, 1.82) is 5.41 Å². The summed E-state index contributed by atoms with van der Waals surface area (Å²) in [7, 11) is 0. The Morgan fingerprint density at radius 3 is 2.08 bits per heavy atom. The van der Waals surface area contributed by atoms with Gasteiger partial charge in [-0.1, -0.05) is 0 Å². The van der Waals surface area contributed by atoms with Crippen LogP contribution in [0.1, 0.15) is 26.7 Å². The van der Waals surface area contributed by atoms with E-state index in [1.165, 1.54) is 13.8 Å². The third-order valence-electron chi connectivity index (χ3n) is 3.27. The van der Waals surface area contributed by atoms with Crippen LogP contribution in [0.3, 0.4) is 0 Å². The van der Waals surface area contributed by atoms with Crippen molar-refractivity contribution < 1.29 is 24.3 Å². The van der Waals surface area contributed by atoms with Crippen LogP contribution in [0, 0.1) is 5.41 Å². The molecule has 0 spiro atoms. The third-order valence-corrected chi connectivity index (χ3v) is 3.27. The predicted octanol–water partition coefficient (Wildman–Crippen LogP) is -3.78.